The Balaban J connectivity index is 2.20. The number of carbonyl (C=O) groups is 1. The van der Waals surface area contributed by atoms with Crippen molar-refractivity contribution in [2.45, 2.75) is 26.7 Å². The minimum atomic E-state index is -0.262. The van der Waals surface area contributed by atoms with Gasteiger partial charge in [0.05, 0.1) is 19.0 Å². The van der Waals surface area contributed by atoms with Gasteiger partial charge in [-0.2, -0.15) is 0 Å². The van der Waals surface area contributed by atoms with Gasteiger partial charge >= 0.3 is 5.97 Å². The molecule has 1 aromatic heterocycles. The van der Waals surface area contributed by atoms with E-state index in [0.29, 0.717) is 0 Å². The first-order valence-corrected chi connectivity index (χ1v) is 9.17. The molecule has 1 heterocycles. The zero-order valence-electron chi connectivity index (χ0n) is 15.8. The number of hydrogen-bond acceptors (Lipinski definition) is 3. The molecule has 0 spiro atoms. The number of aryl methyl sites for hydroxylation is 2. The molecule has 138 valence electrons. The van der Waals surface area contributed by atoms with Gasteiger partial charge in [-0.05, 0) is 54.7 Å². The highest BCUT2D eigenvalue weighted by atomic mass is 35.5. The summed E-state index contributed by atoms with van der Waals surface area (Å²) in [6, 6.07) is 11.8. The van der Waals surface area contributed by atoms with Crippen molar-refractivity contribution < 1.29 is 9.53 Å². The van der Waals surface area contributed by atoms with Gasteiger partial charge < -0.3 is 4.74 Å². The average Bonchev–Trinajstić information content (AvgIpc) is 2.66. The molecule has 0 unspecified atom stereocenters. The van der Waals surface area contributed by atoms with Gasteiger partial charge in [-0.3, -0.25) is 9.78 Å². The fourth-order valence-electron chi connectivity index (χ4n) is 3.45. The third-order valence-electron chi connectivity index (χ3n) is 4.92. The van der Waals surface area contributed by atoms with Crippen molar-refractivity contribution in [3.05, 3.63) is 81.5 Å². The van der Waals surface area contributed by atoms with Crippen LogP contribution in [0.15, 0.2) is 43.0 Å². The summed E-state index contributed by atoms with van der Waals surface area (Å²) in [4.78, 5) is 16.8. The van der Waals surface area contributed by atoms with E-state index in [1.54, 1.807) is 6.08 Å². The first kappa shape index (κ1) is 19.1. The van der Waals surface area contributed by atoms with Crippen LogP contribution in [0, 0.1) is 13.8 Å². The molecule has 0 radical (unpaired) electrons. The van der Waals surface area contributed by atoms with Crippen molar-refractivity contribution in [3.63, 3.8) is 0 Å². The van der Waals surface area contributed by atoms with Crippen LogP contribution in [0.5, 0.6) is 0 Å². The van der Waals surface area contributed by atoms with Crippen LogP contribution in [0.2, 0.25) is 5.02 Å². The number of aromatic nitrogens is 1. The Bertz CT molecular complexity index is 1020. The van der Waals surface area contributed by atoms with Crippen molar-refractivity contribution in [2.75, 3.05) is 7.11 Å². The lowest BCUT2D eigenvalue weighted by Crippen LogP contribution is -2.08. The molecule has 0 aliphatic carbocycles. The Hall–Kier alpha value is -2.65. The average molecular weight is 380 g/mol. The predicted molar refractivity (Wildman–Crippen MR) is 111 cm³/mol. The Morgan fingerprint density at radius 3 is 2.52 bits per heavy atom. The molecule has 0 atom stereocenters. The van der Waals surface area contributed by atoms with E-state index in [0.717, 1.165) is 50.3 Å². The molecule has 0 N–H and O–H groups in total. The lowest BCUT2D eigenvalue weighted by Gasteiger charge is -2.17. The van der Waals surface area contributed by atoms with Crippen LogP contribution in [0.25, 0.3) is 17.0 Å². The smallest absolute Gasteiger partial charge is 0.310 e. The molecule has 3 nitrogen and oxygen atoms in total. The molecule has 0 bridgehead atoms. The van der Waals surface area contributed by atoms with Crippen LogP contribution >= 0.6 is 11.6 Å². The van der Waals surface area contributed by atoms with Crippen LogP contribution in [-0.4, -0.2) is 18.1 Å². The maximum Gasteiger partial charge on any atom is 0.310 e. The summed E-state index contributed by atoms with van der Waals surface area (Å²) >= 11 is 6.01. The molecule has 27 heavy (non-hydrogen) atoms. The van der Waals surface area contributed by atoms with Crippen molar-refractivity contribution >= 4 is 34.5 Å². The van der Waals surface area contributed by atoms with Gasteiger partial charge in [-0.25, -0.2) is 0 Å². The summed E-state index contributed by atoms with van der Waals surface area (Å²) in [5.41, 5.74) is 7.20. The van der Waals surface area contributed by atoms with Crippen molar-refractivity contribution in [1.29, 1.82) is 0 Å². The van der Waals surface area contributed by atoms with Gasteiger partial charge in [0, 0.05) is 21.7 Å². The normalized spacial score (nSPS) is 10.8. The fraction of sp³-hybridized carbons (Fsp3) is 0.217. The van der Waals surface area contributed by atoms with E-state index in [4.69, 9.17) is 21.3 Å². The van der Waals surface area contributed by atoms with Gasteiger partial charge in [0.15, 0.2) is 0 Å². The number of methoxy groups -OCH3 is 1. The molecule has 0 saturated carbocycles. The summed E-state index contributed by atoms with van der Waals surface area (Å²) in [5.74, 6) is -0.262. The second-order valence-electron chi connectivity index (χ2n) is 6.60. The van der Waals surface area contributed by atoms with Crippen LogP contribution in [0.1, 0.15) is 33.5 Å². The van der Waals surface area contributed by atoms with E-state index in [2.05, 4.69) is 13.5 Å². The van der Waals surface area contributed by atoms with Crippen LogP contribution in [0.4, 0.5) is 0 Å². The summed E-state index contributed by atoms with van der Waals surface area (Å²) in [5, 5.41) is 1.73. The SMILES string of the molecule is C=Cc1ccc(CC(=O)OC)c2c(C)c(Cc3ccc(Cl)cc3)c(C)nc12. The van der Waals surface area contributed by atoms with Gasteiger partial charge in [-0.1, -0.05) is 48.5 Å². The number of nitrogens with zero attached hydrogens (tertiary/aromatic N) is 1. The van der Waals surface area contributed by atoms with E-state index < -0.39 is 0 Å². The lowest BCUT2D eigenvalue weighted by molar-refractivity contribution is -0.139. The number of benzene rings is 2. The van der Waals surface area contributed by atoms with E-state index in [9.17, 15) is 4.79 Å². The molecule has 3 rings (SSSR count). The standard InChI is InChI=1S/C23H22ClNO2/c1-5-17-8-9-18(13-21(26)27-4)22-14(2)20(15(3)25-23(17)22)12-16-6-10-19(24)11-7-16/h5-11H,1,12-13H2,2-4H3. The summed E-state index contributed by atoms with van der Waals surface area (Å²) in [6.07, 6.45) is 2.78. The van der Waals surface area contributed by atoms with Crippen LogP contribution in [-0.2, 0) is 22.4 Å². The Morgan fingerprint density at radius 2 is 1.89 bits per heavy atom. The molecule has 0 fully saturated rings. The molecule has 3 aromatic rings. The second kappa shape index (κ2) is 7.93. The van der Waals surface area contributed by atoms with E-state index in [1.807, 2.05) is 43.3 Å². The predicted octanol–water partition coefficient (Wildman–Crippen LogP) is 5.45. The lowest BCUT2D eigenvalue weighted by atomic mass is 9.91. The highest BCUT2D eigenvalue weighted by Crippen LogP contribution is 2.31. The molecule has 2 aromatic carbocycles. The Labute approximate surface area is 164 Å². The number of carbonyl (C=O) groups excluding carboxylic acids is 1. The molecule has 0 aliphatic heterocycles. The highest BCUT2D eigenvalue weighted by molar-refractivity contribution is 6.30. The largest absolute Gasteiger partial charge is 0.469 e. The number of esters is 1. The quantitative estimate of drug-likeness (QED) is 0.553. The molecular weight excluding hydrogens is 358 g/mol. The maximum atomic E-state index is 11.9. The minimum absolute atomic E-state index is 0.219. The third-order valence-corrected chi connectivity index (χ3v) is 5.17. The molecular formula is C23H22ClNO2. The number of hydrogen-bond donors (Lipinski definition) is 0. The van der Waals surface area contributed by atoms with Gasteiger partial charge in [-0.15, -0.1) is 0 Å². The molecule has 0 amide bonds. The summed E-state index contributed by atoms with van der Waals surface area (Å²) in [6.45, 7) is 8.02. The zero-order valence-corrected chi connectivity index (χ0v) is 16.6. The van der Waals surface area contributed by atoms with Crippen molar-refractivity contribution in [2.24, 2.45) is 0 Å². The number of rotatable bonds is 5. The topological polar surface area (TPSA) is 39.2 Å². The molecule has 4 heteroatoms. The number of halogens is 1. The summed E-state index contributed by atoms with van der Waals surface area (Å²) < 4.78 is 4.87. The van der Waals surface area contributed by atoms with Crippen molar-refractivity contribution in [3.8, 4) is 0 Å². The van der Waals surface area contributed by atoms with Crippen LogP contribution in [0.3, 0.4) is 0 Å². The first-order valence-electron chi connectivity index (χ1n) is 8.80. The van der Waals surface area contributed by atoms with Gasteiger partial charge in [0.1, 0.15) is 0 Å². The zero-order chi connectivity index (χ0) is 19.6. The van der Waals surface area contributed by atoms with Crippen molar-refractivity contribution in [1.82, 2.24) is 4.98 Å². The Morgan fingerprint density at radius 1 is 1.19 bits per heavy atom. The minimum Gasteiger partial charge on any atom is -0.469 e. The molecule has 0 saturated heterocycles. The monoisotopic (exact) mass is 379 g/mol. The highest BCUT2D eigenvalue weighted by Gasteiger charge is 2.17. The second-order valence-corrected chi connectivity index (χ2v) is 7.03. The first-order chi connectivity index (χ1) is 12.9. The maximum absolute atomic E-state index is 11.9. The third kappa shape index (κ3) is 3.88. The van der Waals surface area contributed by atoms with Crippen LogP contribution < -0.4 is 0 Å². The molecule has 0 aliphatic rings. The number of ether oxygens (including phenoxy) is 1. The number of fused-ring (bicyclic) bond motifs is 1. The van der Waals surface area contributed by atoms with Gasteiger partial charge in [0.25, 0.3) is 0 Å². The fourth-order valence-corrected chi connectivity index (χ4v) is 3.58. The Kier molecular flexibility index (Phi) is 5.62. The number of pyridine rings is 1. The summed E-state index contributed by atoms with van der Waals surface area (Å²) in [7, 11) is 1.41. The van der Waals surface area contributed by atoms with E-state index in [-0.39, 0.29) is 12.4 Å². The van der Waals surface area contributed by atoms with E-state index >= 15 is 0 Å². The van der Waals surface area contributed by atoms with E-state index in [1.165, 1.54) is 12.7 Å². The van der Waals surface area contributed by atoms with Gasteiger partial charge in [0.2, 0.25) is 0 Å².